The molecule has 0 bridgehead atoms. The molecule has 244 valence electrons. The number of thiazole rings is 1. The van der Waals surface area contributed by atoms with Gasteiger partial charge in [-0.2, -0.15) is 0 Å². The van der Waals surface area contributed by atoms with Crippen LogP contribution in [-0.2, 0) is 36.3 Å². The van der Waals surface area contributed by atoms with Gasteiger partial charge in [0.25, 0.3) is 5.91 Å². The van der Waals surface area contributed by atoms with Gasteiger partial charge in [0.2, 0.25) is 11.8 Å². The lowest BCUT2D eigenvalue weighted by Crippen LogP contribution is -2.40. The van der Waals surface area contributed by atoms with Crippen molar-refractivity contribution in [1.29, 1.82) is 0 Å². The summed E-state index contributed by atoms with van der Waals surface area (Å²) in [6.07, 6.45) is -0.296. The van der Waals surface area contributed by atoms with E-state index in [0.29, 0.717) is 42.9 Å². The van der Waals surface area contributed by atoms with Gasteiger partial charge in [0.1, 0.15) is 17.0 Å². The number of aromatic nitrogens is 3. The Balaban J connectivity index is 1.30. The highest BCUT2D eigenvalue weighted by Gasteiger charge is 2.37. The maximum Gasteiger partial charge on any atom is 0.315 e. The summed E-state index contributed by atoms with van der Waals surface area (Å²) in [5.74, 6) is -1.09. The first-order valence-electron chi connectivity index (χ1n) is 15.1. The van der Waals surface area contributed by atoms with E-state index in [1.807, 2.05) is 48.5 Å². The topological polar surface area (TPSA) is 142 Å². The molecule has 1 amide bonds. The van der Waals surface area contributed by atoms with Crippen molar-refractivity contribution < 1.29 is 31.9 Å². The first-order chi connectivity index (χ1) is 22.4. The van der Waals surface area contributed by atoms with Gasteiger partial charge in [0, 0.05) is 18.7 Å². The van der Waals surface area contributed by atoms with E-state index in [1.54, 1.807) is 49.9 Å². The maximum atomic E-state index is 14.0. The summed E-state index contributed by atoms with van der Waals surface area (Å²) in [7, 11) is -3.97. The SMILES string of the molecule is CC(C)(C)OC(=O)Cc1nnc(C(c2nc3ccc(-c4ccc(C(=O)N5CCOCC5)cc4)cc3s2)S(=O)(=O)Cc2ccccc2)o1. The van der Waals surface area contributed by atoms with Gasteiger partial charge in [-0.3, -0.25) is 9.59 Å². The normalized spacial score (nSPS) is 14.7. The molecule has 1 atom stereocenters. The molecule has 0 spiro atoms. The van der Waals surface area contributed by atoms with Crippen molar-refractivity contribution in [2.45, 2.75) is 43.8 Å². The van der Waals surface area contributed by atoms with Crippen LogP contribution in [0.4, 0.5) is 0 Å². The number of ether oxygens (including phenoxy) is 2. The van der Waals surface area contributed by atoms with Crippen LogP contribution in [0.3, 0.4) is 0 Å². The molecule has 0 N–H and O–H groups in total. The van der Waals surface area contributed by atoms with Crippen molar-refractivity contribution in [2.24, 2.45) is 0 Å². The molecule has 2 aromatic heterocycles. The number of benzene rings is 3. The molecule has 1 aliphatic heterocycles. The van der Waals surface area contributed by atoms with E-state index in [9.17, 15) is 18.0 Å². The monoisotopic (exact) mass is 674 g/mol. The molecule has 13 heteroatoms. The number of morpholine rings is 1. The lowest BCUT2D eigenvalue weighted by molar-refractivity contribution is -0.154. The van der Waals surface area contributed by atoms with E-state index in [-0.39, 0.29) is 34.9 Å². The average molecular weight is 675 g/mol. The maximum absolute atomic E-state index is 14.0. The Morgan fingerprint density at radius 2 is 1.66 bits per heavy atom. The number of rotatable bonds is 9. The minimum atomic E-state index is -3.97. The Bertz CT molecular complexity index is 1990. The fourth-order valence-electron chi connectivity index (χ4n) is 5.24. The van der Waals surface area contributed by atoms with Crippen LogP contribution in [0.5, 0.6) is 0 Å². The lowest BCUT2D eigenvalue weighted by Gasteiger charge is -2.26. The van der Waals surface area contributed by atoms with Gasteiger partial charge in [0.05, 0.1) is 29.2 Å². The molecule has 3 heterocycles. The summed E-state index contributed by atoms with van der Waals surface area (Å²) in [6.45, 7) is 7.46. The average Bonchev–Trinajstić information content (AvgIpc) is 3.66. The number of esters is 1. The number of carbonyl (C=O) groups excluding carboxylic acids is 2. The first-order valence-corrected chi connectivity index (χ1v) is 17.7. The quantitative estimate of drug-likeness (QED) is 0.186. The van der Waals surface area contributed by atoms with Crippen molar-refractivity contribution >= 4 is 43.3 Å². The molecular formula is C34H34N4O7S2. The standard InChI is InChI=1S/C34H34N4O7S2/c1-34(2,3)45-29(39)20-28-36-37-31(44-28)30(47(41,42)21-22-7-5-4-6-8-22)32-35-26-14-13-25(19-27(26)46-32)23-9-11-24(12-10-23)33(40)38-15-17-43-18-16-38/h4-14,19,30H,15-18,20-21H2,1-3H3. The van der Waals surface area contributed by atoms with Crippen molar-refractivity contribution in [3.8, 4) is 11.1 Å². The van der Waals surface area contributed by atoms with Gasteiger partial charge in [-0.05, 0) is 61.7 Å². The van der Waals surface area contributed by atoms with Crippen LogP contribution < -0.4 is 0 Å². The molecule has 1 unspecified atom stereocenters. The number of amides is 1. The Hall–Kier alpha value is -4.46. The predicted octanol–water partition coefficient (Wildman–Crippen LogP) is 5.41. The highest BCUT2D eigenvalue weighted by Crippen LogP contribution is 2.38. The zero-order valence-electron chi connectivity index (χ0n) is 26.2. The molecule has 3 aromatic carbocycles. The summed E-state index contributed by atoms with van der Waals surface area (Å²) < 4.78 is 45.3. The van der Waals surface area contributed by atoms with Gasteiger partial charge in [0.15, 0.2) is 15.1 Å². The third-order valence-electron chi connectivity index (χ3n) is 7.38. The number of nitrogens with zero attached hydrogens (tertiary/aromatic N) is 4. The molecule has 0 aliphatic carbocycles. The van der Waals surface area contributed by atoms with E-state index in [2.05, 4.69) is 10.2 Å². The number of hydrogen-bond donors (Lipinski definition) is 0. The molecular weight excluding hydrogens is 641 g/mol. The zero-order valence-corrected chi connectivity index (χ0v) is 27.8. The van der Waals surface area contributed by atoms with Crippen LogP contribution in [0, 0.1) is 0 Å². The smallest absolute Gasteiger partial charge is 0.315 e. The van der Waals surface area contributed by atoms with Crippen molar-refractivity contribution in [3.63, 3.8) is 0 Å². The van der Waals surface area contributed by atoms with E-state index in [0.717, 1.165) is 15.8 Å². The first kappa shape index (κ1) is 32.5. The van der Waals surface area contributed by atoms with Gasteiger partial charge in [-0.15, -0.1) is 21.5 Å². The van der Waals surface area contributed by atoms with Crippen LogP contribution in [0.15, 0.2) is 77.2 Å². The number of carbonyl (C=O) groups is 2. The Morgan fingerprint density at radius 3 is 2.36 bits per heavy atom. The summed E-state index contributed by atoms with van der Waals surface area (Å²) in [6, 6.07) is 21.9. The summed E-state index contributed by atoms with van der Waals surface area (Å²) >= 11 is 1.22. The largest absolute Gasteiger partial charge is 0.460 e. The van der Waals surface area contributed by atoms with Gasteiger partial charge in [-0.25, -0.2) is 13.4 Å². The van der Waals surface area contributed by atoms with Crippen molar-refractivity contribution in [2.75, 3.05) is 26.3 Å². The molecule has 1 saturated heterocycles. The second-order valence-corrected chi connectivity index (χ2v) is 15.3. The number of hydrogen-bond acceptors (Lipinski definition) is 11. The zero-order chi connectivity index (χ0) is 33.2. The molecule has 1 fully saturated rings. The van der Waals surface area contributed by atoms with E-state index >= 15 is 0 Å². The molecule has 0 saturated carbocycles. The Labute approximate surface area is 276 Å². The highest BCUT2D eigenvalue weighted by atomic mass is 32.2. The highest BCUT2D eigenvalue weighted by molar-refractivity contribution is 7.91. The Morgan fingerprint density at radius 1 is 0.957 bits per heavy atom. The van der Waals surface area contributed by atoms with E-state index in [1.165, 1.54) is 11.3 Å². The Kier molecular flexibility index (Phi) is 9.22. The fourth-order valence-corrected chi connectivity index (χ4v) is 8.39. The van der Waals surface area contributed by atoms with Crippen LogP contribution in [0.2, 0.25) is 0 Å². The second kappa shape index (κ2) is 13.3. The second-order valence-electron chi connectivity index (χ2n) is 12.2. The molecule has 1 aliphatic rings. The van der Waals surface area contributed by atoms with Gasteiger partial charge < -0.3 is 18.8 Å². The lowest BCUT2D eigenvalue weighted by atomic mass is 10.0. The molecule has 6 rings (SSSR count). The van der Waals surface area contributed by atoms with Crippen molar-refractivity contribution in [1.82, 2.24) is 20.1 Å². The van der Waals surface area contributed by atoms with Crippen molar-refractivity contribution in [3.05, 3.63) is 101 Å². The van der Waals surface area contributed by atoms with Crippen LogP contribution in [0.1, 0.15) is 58.7 Å². The number of sulfone groups is 1. The van der Waals surface area contributed by atoms with Crippen LogP contribution in [0.25, 0.3) is 21.3 Å². The summed E-state index contributed by atoms with van der Waals surface area (Å²) in [4.78, 5) is 31.8. The fraction of sp³-hybridized carbons (Fsp3) is 0.324. The molecule has 11 nitrogen and oxygen atoms in total. The third-order valence-corrected chi connectivity index (χ3v) is 10.5. The van der Waals surface area contributed by atoms with Crippen LogP contribution in [-0.4, -0.2) is 72.3 Å². The molecule has 47 heavy (non-hydrogen) atoms. The van der Waals surface area contributed by atoms with Crippen LogP contribution >= 0.6 is 11.3 Å². The third kappa shape index (κ3) is 7.75. The molecule has 5 aromatic rings. The summed E-state index contributed by atoms with van der Waals surface area (Å²) in [5, 5.41) is 6.96. The predicted molar refractivity (Wildman–Crippen MR) is 177 cm³/mol. The van der Waals surface area contributed by atoms with E-state index in [4.69, 9.17) is 18.9 Å². The minimum Gasteiger partial charge on any atom is -0.460 e. The summed E-state index contributed by atoms with van der Waals surface area (Å²) in [5.41, 5.74) is 2.90. The van der Waals surface area contributed by atoms with Gasteiger partial charge in [-0.1, -0.05) is 48.5 Å². The number of fused-ring (bicyclic) bond motifs is 1. The van der Waals surface area contributed by atoms with E-state index < -0.39 is 26.7 Å². The molecule has 0 radical (unpaired) electrons. The minimum absolute atomic E-state index is 0.0274. The van der Waals surface area contributed by atoms with Gasteiger partial charge >= 0.3 is 5.97 Å².